The zero-order valence-electron chi connectivity index (χ0n) is 11.1. The van der Waals surface area contributed by atoms with Gasteiger partial charge in [0, 0.05) is 32.0 Å². The predicted octanol–water partition coefficient (Wildman–Crippen LogP) is 0.525. The van der Waals surface area contributed by atoms with E-state index in [1.807, 2.05) is 19.9 Å². The smallest absolute Gasteiger partial charge is 0.279 e. The molecule has 2 unspecified atom stereocenters. The summed E-state index contributed by atoms with van der Waals surface area (Å²) in [6.07, 6.45) is 3.13. The van der Waals surface area contributed by atoms with Gasteiger partial charge in [0.15, 0.2) is 0 Å². The molecule has 0 saturated carbocycles. The van der Waals surface area contributed by atoms with Crippen LogP contribution in [-0.4, -0.2) is 43.0 Å². The van der Waals surface area contributed by atoms with Crippen LogP contribution in [0, 0.1) is 0 Å². The van der Waals surface area contributed by atoms with E-state index >= 15 is 0 Å². The maximum atomic E-state index is 12.2. The molecule has 1 aliphatic heterocycles. The minimum atomic E-state index is -3.47. The van der Waals surface area contributed by atoms with E-state index < -0.39 is 10.2 Å². The highest BCUT2D eigenvalue weighted by Gasteiger charge is 2.30. The van der Waals surface area contributed by atoms with Gasteiger partial charge in [-0.05, 0) is 25.5 Å². The first-order chi connectivity index (χ1) is 8.97. The number of rotatable bonds is 4. The Morgan fingerprint density at radius 3 is 2.68 bits per heavy atom. The molecule has 0 spiro atoms. The second-order valence-electron chi connectivity index (χ2n) is 4.76. The average Bonchev–Trinajstić information content (AvgIpc) is 2.37. The molecule has 1 N–H and O–H groups in total. The van der Waals surface area contributed by atoms with E-state index in [-0.39, 0.29) is 18.8 Å². The summed E-state index contributed by atoms with van der Waals surface area (Å²) in [5.74, 6) is 0. The van der Waals surface area contributed by atoms with Crippen LogP contribution in [0.25, 0.3) is 0 Å². The predicted molar refractivity (Wildman–Crippen MR) is 71.6 cm³/mol. The summed E-state index contributed by atoms with van der Waals surface area (Å²) in [5, 5.41) is 0. The van der Waals surface area contributed by atoms with Crippen LogP contribution in [0.15, 0.2) is 24.5 Å². The third-order valence-corrected chi connectivity index (χ3v) is 4.39. The fraction of sp³-hybridized carbons (Fsp3) is 0.583. The number of ether oxygens (including phenoxy) is 1. The van der Waals surface area contributed by atoms with Crippen LogP contribution in [0.2, 0.25) is 0 Å². The van der Waals surface area contributed by atoms with Crippen LogP contribution < -0.4 is 4.72 Å². The monoisotopic (exact) mass is 285 g/mol. The molecule has 7 heteroatoms. The molecule has 1 fully saturated rings. The van der Waals surface area contributed by atoms with Gasteiger partial charge in [0.25, 0.3) is 10.2 Å². The number of hydrogen-bond donors (Lipinski definition) is 1. The highest BCUT2D eigenvalue weighted by atomic mass is 32.2. The maximum absolute atomic E-state index is 12.2. The number of morpholine rings is 1. The number of aromatic nitrogens is 1. The van der Waals surface area contributed by atoms with Crippen molar-refractivity contribution in [3.05, 3.63) is 30.1 Å². The molecule has 1 aromatic heterocycles. The minimum Gasteiger partial charge on any atom is -0.373 e. The molecule has 0 bridgehead atoms. The molecule has 2 heterocycles. The molecule has 2 atom stereocenters. The molecule has 106 valence electrons. The van der Waals surface area contributed by atoms with Crippen molar-refractivity contribution < 1.29 is 13.2 Å². The van der Waals surface area contributed by atoms with Crippen LogP contribution in [0.3, 0.4) is 0 Å². The molecular weight excluding hydrogens is 266 g/mol. The van der Waals surface area contributed by atoms with Crippen LogP contribution >= 0.6 is 0 Å². The molecule has 1 aromatic rings. The van der Waals surface area contributed by atoms with E-state index in [1.165, 1.54) is 4.31 Å². The zero-order valence-corrected chi connectivity index (χ0v) is 11.9. The lowest BCUT2D eigenvalue weighted by molar-refractivity contribution is -0.0444. The van der Waals surface area contributed by atoms with Crippen molar-refractivity contribution in [1.29, 1.82) is 0 Å². The van der Waals surface area contributed by atoms with E-state index in [0.717, 1.165) is 5.56 Å². The summed E-state index contributed by atoms with van der Waals surface area (Å²) in [6, 6.07) is 3.61. The number of pyridine rings is 1. The maximum Gasteiger partial charge on any atom is 0.279 e. The Morgan fingerprint density at radius 2 is 2.11 bits per heavy atom. The molecule has 6 nitrogen and oxygen atoms in total. The highest BCUT2D eigenvalue weighted by molar-refractivity contribution is 7.87. The number of hydrogen-bond acceptors (Lipinski definition) is 4. The molecule has 0 aromatic carbocycles. The van der Waals surface area contributed by atoms with Gasteiger partial charge >= 0.3 is 0 Å². The van der Waals surface area contributed by atoms with Crippen molar-refractivity contribution in [1.82, 2.24) is 14.0 Å². The summed E-state index contributed by atoms with van der Waals surface area (Å²) < 4.78 is 33.9. The minimum absolute atomic E-state index is 0.0845. The van der Waals surface area contributed by atoms with Crippen LogP contribution in [-0.2, 0) is 21.5 Å². The number of nitrogens with zero attached hydrogens (tertiary/aromatic N) is 2. The lowest BCUT2D eigenvalue weighted by atomic mass is 10.3. The van der Waals surface area contributed by atoms with E-state index in [0.29, 0.717) is 13.1 Å². The summed E-state index contributed by atoms with van der Waals surface area (Å²) in [6.45, 7) is 4.76. The van der Waals surface area contributed by atoms with Gasteiger partial charge in [-0.2, -0.15) is 17.4 Å². The Balaban J connectivity index is 1.98. The van der Waals surface area contributed by atoms with Crippen LogP contribution in [0.5, 0.6) is 0 Å². The Morgan fingerprint density at radius 1 is 1.42 bits per heavy atom. The Hall–Kier alpha value is -1.02. The average molecular weight is 285 g/mol. The van der Waals surface area contributed by atoms with Gasteiger partial charge in [0.05, 0.1) is 12.2 Å². The zero-order chi connectivity index (χ0) is 13.9. The topological polar surface area (TPSA) is 71.5 Å². The van der Waals surface area contributed by atoms with Gasteiger partial charge in [0.2, 0.25) is 0 Å². The lowest BCUT2D eigenvalue weighted by Gasteiger charge is -2.34. The van der Waals surface area contributed by atoms with E-state index in [9.17, 15) is 8.42 Å². The van der Waals surface area contributed by atoms with E-state index in [2.05, 4.69) is 9.71 Å². The van der Waals surface area contributed by atoms with Crippen molar-refractivity contribution in [2.45, 2.75) is 32.6 Å². The molecule has 2 rings (SSSR count). The quantitative estimate of drug-likeness (QED) is 0.875. The third-order valence-electron chi connectivity index (χ3n) is 2.91. The van der Waals surface area contributed by atoms with Crippen molar-refractivity contribution >= 4 is 10.2 Å². The molecule has 0 radical (unpaired) electrons. The van der Waals surface area contributed by atoms with Crippen LogP contribution in [0.4, 0.5) is 0 Å². The van der Waals surface area contributed by atoms with Gasteiger partial charge in [0.1, 0.15) is 0 Å². The molecule has 1 saturated heterocycles. The van der Waals surface area contributed by atoms with E-state index in [4.69, 9.17) is 4.74 Å². The fourth-order valence-corrected chi connectivity index (χ4v) is 3.44. The largest absolute Gasteiger partial charge is 0.373 e. The van der Waals surface area contributed by atoms with Crippen LogP contribution in [0.1, 0.15) is 19.4 Å². The van der Waals surface area contributed by atoms with Gasteiger partial charge in [-0.1, -0.05) is 6.07 Å². The SMILES string of the molecule is CC1CN(S(=O)(=O)NCc2cccnc2)CC(C)O1. The van der Waals surface area contributed by atoms with Gasteiger partial charge in [-0.3, -0.25) is 4.98 Å². The Kier molecular flexibility index (Phi) is 4.51. The summed E-state index contributed by atoms with van der Waals surface area (Å²) in [4.78, 5) is 3.95. The Bertz CT molecular complexity index is 496. The first-order valence-electron chi connectivity index (χ1n) is 6.26. The standard InChI is InChI=1S/C12H19N3O3S/c1-10-8-15(9-11(2)18-10)19(16,17)14-7-12-4-3-5-13-6-12/h3-6,10-11,14H,7-9H2,1-2H3. The van der Waals surface area contributed by atoms with Gasteiger partial charge in [-0.25, -0.2) is 0 Å². The Labute approximate surface area is 114 Å². The second kappa shape index (κ2) is 5.96. The summed E-state index contributed by atoms with van der Waals surface area (Å²) in [5.41, 5.74) is 0.834. The highest BCUT2D eigenvalue weighted by Crippen LogP contribution is 2.13. The summed E-state index contributed by atoms with van der Waals surface area (Å²) in [7, 11) is -3.47. The summed E-state index contributed by atoms with van der Waals surface area (Å²) >= 11 is 0. The van der Waals surface area contributed by atoms with E-state index in [1.54, 1.807) is 18.5 Å². The second-order valence-corrected chi connectivity index (χ2v) is 6.52. The first kappa shape index (κ1) is 14.4. The fourth-order valence-electron chi connectivity index (χ4n) is 2.10. The lowest BCUT2D eigenvalue weighted by Crippen LogP contribution is -2.51. The van der Waals surface area contributed by atoms with Crippen molar-refractivity contribution in [2.24, 2.45) is 0 Å². The van der Waals surface area contributed by atoms with Crippen molar-refractivity contribution in [2.75, 3.05) is 13.1 Å². The molecular formula is C12H19N3O3S. The molecule has 0 aliphatic carbocycles. The first-order valence-corrected chi connectivity index (χ1v) is 7.70. The molecule has 19 heavy (non-hydrogen) atoms. The van der Waals surface area contributed by atoms with Crippen molar-refractivity contribution in [3.8, 4) is 0 Å². The third kappa shape index (κ3) is 3.97. The van der Waals surface area contributed by atoms with Crippen molar-refractivity contribution in [3.63, 3.8) is 0 Å². The molecule has 1 aliphatic rings. The molecule has 0 amide bonds. The normalized spacial score (nSPS) is 25.4. The van der Waals surface area contributed by atoms with Gasteiger partial charge in [-0.15, -0.1) is 0 Å². The number of nitrogens with one attached hydrogen (secondary N) is 1. The van der Waals surface area contributed by atoms with Gasteiger partial charge < -0.3 is 4.74 Å².